The number of aromatic amines is 1. The fourth-order valence-electron chi connectivity index (χ4n) is 4.36. The molecule has 0 saturated carbocycles. The maximum atomic E-state index is 13.3. The molecule has 3 aromatic carbocycles. The summed E-state index contributed by atoms with van der Waals surface area (Å²) >= 11 is 0. The van der Waals surface area contributed by atoms with E-state index in [1.807, 2.05) is 74.5 Å². The number of esters is 2. The van der Waals surface area contributed by atoms with Crippen molar-refractivity contribution in [1.29, 1.82) is 0 Å². The molecule has 0 fully saturated rings. The molecular formula is C31H33NO7. The highest BCUT2D eigenvalue weighted by atomic mass is 16.5. The van der Waals surface area contributed by atoms with Gasteiger partial charge in [-0.05, 0) is 81.8 Å². The van der Waals surface area contributed by atoms with Crippen LogP contribution in [0, 0.1) is 0 Å². The van der Waals surface area contributed by atoms with Crippen LogP contribution in [0.15, 0.2) is 60.7 Å². The van der Waals surface area contributed by atoms with Crippen LogP contribution in [-0.2, 0) is 20.7 Å². The van der Waals surface area contributed by atoms with Crippen LogP contribution in [0.3, 0.4) is 0 Å². The van der Waals surface area contributed by atoms with Crippen LogP contribution in [0.1, 0.15) is 43.7 Å². The van der Waals surface area contributed by atoms with Gasteiger partial charge in [0, 0.05) is 22.2 Å². The molecule has 0 aliphatic heterocycles. The van der Waals surface area contributed by atoms with Gasteiger partial charge in [0.25, 0.3) is 0 Å². The van der Waals surface area contributed by atoms with Crippen LogP contribution in [-0.4, -0.2) is 43.4 Å². The van der Waals surface area contributed by atoms with Gasteiger partial charge in [0.1, 0.15) is 23.0 Å². The Labute approximate surface area is 227 Å². The van der Waals surface area contributed by atoms with Crippen LogP contribution in [0.4, 0.5) is 0 Å². The topological polar surface area (TPSA) is 96.1 Å². The summed E-state index contributed by atoms with van der Waals surface area (Å²) in [6.45, 7) is 7.84. The zero-order chi connectivity index (χ0) is 27.9. The SMILES string of the molecule is CCOC(=O)Cc1[nH]c2ccc(Oc3ccc(OC(C)C)cc3)c(-c3ccc(OC)cc3)c2c1C(=O)OCC. The van der Waals surface area contributed by atoms with E-state index in [4.69, 9.17) is 23.7 Å². The monoisotopic (exact) mass is 531 g/mol. The predicted octanol–water partition coefficient (Wildman–Crippen LogP) is 6.71. The first kappa shape index (κ1) is 27.6. The Morgan fingerprint density at radius 3 is 2.08 bits per heavy atom. The summed E-state index contributed by atoms with van der Waals surface area (Å²) in [5.41, 5.74) is 2.83. The lowest BCUT2D eigenvalue weighted by molar-refractivity contribution is -0.142. The van der Waals surface area contributed by atoms with E-state index in [0.717, 1.165) is 11.3 Å². The Hall–Kier alpha value is -4.46. The second kappa shape index (κ2) is 12.4. The van der Waals surface area contributed by atoms with Crippen molar-refractivity contribution in [1.82, 2.24) is 4.98 Å². The first-order valence-corrected chi connectivity index (χ1v) is 12.9. The van der Waals surface area contributed by atoms with Crippen LogP contribution >= 0.6 is 0 Å². The van der Waals surface area contributed by atoms with E-state index in [9.17, 15) is 9.59 Å². The molecule has 0 unspecified atom stereocenters. The number of aromatic nitrogens is 1. The highest BCUT2D eigenvalue weighted by Crippen LogP contribution is 2.42. The molecule has 1 N–H and O–H groups in total. The maximum absolute atomic E-state index is 13.3. The number of rotatable bonds is 11. The summed E-state index contributed by atoms with van der Waals surface area (Å²) in [6.07, 6.45) is -0.0498. The molecule has 204 valence electrons. The number of hydrogen-bond donors (Lipinski definition) is 1. The van der Waals surface area contributed by atoms with Gasteiger partial charge in [-0.1, -0.05) is 12.1 Å². The van der Waals surface area contributed by atoms with Crippen molar-refractivity contribution in [2.45, 2.75) is 40.2 Å². The number of benzene rings is 3. The van der Waals surface area contributed by atoms with Crippen molar-refractivity contribution in [2.75, 3.05) is 20.3 Å². The number of H-pyrrole nitrogens is 1. The third-order valence-corrected chi connectivity index (χ3v) is 5.91. The smallest absolute Gasteiger partial charge is 0.340 e. The summed E-state index contributed by atoms with van der Waals surface area (Å²) < 4.78 is 28.0. The van der Waals surface area contributed by atoms with E-state index in [0.29, 0.717) is 39.4 Å². The van der Waals surface area contributed by atoms with Gasteiger partial charge in [0.15, 0.2) is 0 Å². The standard InChI is InChI=1S/C31H33NO7/c1-6-36-27(33)18-25-30(31(34)37-7-2)29-24(32-25)16-17-26(28(29)20-8-10-21(35-5)11-9-20)39-23-14-12-22(13-15-23)38-19(3)4/h8-17,19,32H,6-7,18H2,1-5H3. The zero-order valence-corrected chi connectivity index (χ0v) is 22.8. The summed E-state index contributed by atoms with van der Waals surface area (Å²) in [5.74, 6) is 1.57. The Morgan fingerprint density at radius 2 is 1.46 bits per heavy atom. The van der Waals surface area contributed by atoms with Crippen LogP contribution in [0.25, 0.3) is 22.0 Å². The highest BCUT2D eigenvalue weighted by molar-refractivity contribution is 6.13. The molecule has 4 aromatic rings. The predicted molar refractivity (Wildman–Crippen MR) is 149 cm³/mol. The normalized spacial score (nSPS) is 10.9. The molecule has 0 bridgehead atoms. The number of carbonyl (C=O) groups excluding carboxylic acids is 2. The molecule has 0 spiro atoms. The lowest BCUT2D eigenvalue weighted by Crippen LogP contribution is -2.13. The molecule has 0 aliphatic rings. The van der Waals surface area contributed by atoms with Gasteiger partial charge in [0.05, 0.1) is 38.4 Å². The summed E-state index contributed by atoms with van der Waals surface area (Å²) in [5, 5.41) is 0.593. The average Bonchev–Trinajstić information content (AvgIpc) is 3.27. The quantitative estimate of drug-likeness (QED) is 0.215. The van der Waals surface area contributed by atoms with Crippen molar-refractivity contribution in [3.05, 3.63) is 71.9 Å². The van der Waals surface area contributed by atoms with Crippen molar-refractivity contribution in [3.63, 3.8) is 0 Å². The van der Waals surface area contributed by atoms with E-state index in [1.165, 1.54) is 0 Å². The van der Waals surface area contributed by atoms with Gasteiger partial charge in [-0.15, -0.1) is 0 Å². The minimum absolute atomic E-state index is 0.0551. The van der Waals surface area contributed by atoms with Gasteiger partial charge in [0.2, 0.25) is 0 Å². The number of hydrogen-bond acceptors (Lipinski definition) is 7. The Kier molecular flexibility index (Phi) is 8.76. The van der Waals surface area contributed by atoms with Crippen molar-refractivity contribution >= 4 is 22.8 Å². The van der Waals surface area contributed by atoms with E-state index < -0.39 is 11.9 Å². The fourth-order valence-corrected chi connectivity index (χ4v) is 4.36. The second-order valence-corrected chi connectivity index (χ2v) is 9.01. The first-order chi connectivity index (χ1) is 18.8. The van der Waals surface area contributed by atoms with Gasteiger partial charge in [-0.25, -0.2) is 4.79 Å². The minimum atomic E-state index is -0.537. The largest absolute Gasteiger partial charge is 0.497 e. The maximum Gasteiger partial charge on any atom is 0.340 e. The lowest BCUT2D eigenvalue weighted by atomic mass is 9.96. The van der Waals surface area contributed by atoms with Gasteiger partial charge in [-0.2, -0.15) is 0 Å². The van der Waals surface area contributed by atoms with E-state index in [-0.39, 0.29) is 31.3 Å². The van der Waals surface area contributed by atoms with E-state index in [2.05, 4.69) is 4.98 Å². The third kappa shape index (κ3) is 6.34. The number of ether oxygens (including phenoxy) is 5. The van der Waals surface area contributed by atoms with Crippen molar-refractivity contribution in [2.24, 2.45) is 0 Å². The zero-order valence-electron chi connectivity index (χ0n) is 22.8. The molecule has 4 rings (SSSR count). The summed E-state index contributed by atoms with van der Waals surface area (Å²) in [6, 6.07) is 18.5. The van der Waals surface area contributed by atoms with Gasteiger partial charge in [-0.3, -0.25) is 4.79 Å². The molecule has 8 nitrogen and oxygen atoms in total. The van der Waals surface area contributed by atoms with Gasteiger partial charge < -0.3 is 28.7 Å². The van der Waals surface area contributed by atoms with Crippen molar-refractivity contribution in [3.8, 4) is 34.1 Å². The number of methoxy groups -OCH3 is 1. The minimum Gasteiger partial charge on any atom is -0.497 e. The highest BCUT2D eigenvalue weighted by Gasteiger charge is 2.26. The van der Waals surface area contributed by atoms with E-state index >= 15 is 0 Å². The molecule has 0 atom stereocenters. The molecule has 39 heavy (non-hydrogen) atoms. The molecule has 8 heteroatoms. The fraction of sp³-hybridized carbons (Fsp3) is 0.290. The van der Waals surface area contributed by atoms with Gasteiger partial charge >= 0.3 is 11.9 Å². The van der Waals surface area contributed by atoms with Crippen LogP contribution in [0.2, 0.25) is 0 Å². The molecular weight excluding hydrogens is 498 g/mol. The second-order valence-electron chi connectivity index (χ2n) is 9.01. The first-order valence-electron chi connectivity index (χ1n) is 12.9. The number of nitrogens with one attached hydrogen (secondary N) is 1. The molecule has 1 heterocycles. The Balaban J connectivity index is 1.90. The Morgan fingerprint density at radius 1 is 0.821 bits per heavy atom. The van der Waals surface area contributed by atoms with E-state index in [1.54, 1.807) is 21.0 Å². The number of carbonyl (C=O) groups is 2. The van der Waals surface area contributed by atoms with Crippen LogP contribution in [0.5, 0.6) is 23.0 Å². The Bertz CT molecular complexity index is 1440. The molecule has 0 radical (unpaired) electrons. The van der Waals surface area contributed by atoms with Crippen LogP contribution < -0.4 is 14.2 Å². The number of fused-ring (bicyclic) bond motifs is 1. The molecule has 0 aliphatic carbocycles. The molecule has 1 aromatic heterocycles. The summed E-state index contributed by atoms with van der Waals surface area (Å²) in [4.78, 5) is 28.9. The molecule has 0 amide bonds. The lowest BCUT2D eigenvalue weighted by Gasteiger charge is -2.15. The average molecular weight is 532 g/mol. The third-order valence-electron chi connectivity index (χ3n) is 5.91. The molecule has 0 saturated heterocycles. The van der Waals surface area contributed by atoms with Crippen molar-refractivity contribution < 1.29 is 33.3 Å². The summed E-state index contributed by atoms with van der Waals surface area (Å²) in [7, 11) is 1.60.